The molecule has 0 radical (unpaired) electrons. The lowest BCUT2D eigenvalue weighted by Crippen LogP contribution is -2.81. The number of nitrogens with zero attached hydrogens (tertiary/aromatic N) is 2. The van der Waals surface area contributed by atoms with E-state index >= 15 is 0 Å². The molecule has 3 atom stereocenters. The predicted octanol–water partition coefficient (Wildman–Crippen LogP) is 1.62. The van der Waals surface area contributed by atoms with Crippen LogP contribution in [0.2, 0.25) is 0 Å². The molecular weight excluding hydrogens is 304 g/mol. The molecule has 7 heteroatoms. The Hall–Kier alpha value is -1.11. The largest absolute Gasteiger partial charge is 0.377 e. The summed E-state index contributed by atoms with van der Waals surface area (Å²) in [6.07, 6.45) is 1.99. The molecule has 0 spiro atoms. The topological polar surface area (TPSA) is 82.2 Å². The Morgan fingerprint density at radius 2 is 2.23 bits per heavy atom. The van der Waals surface area contributed by atoms with E-state index in [0.29, 0.717) is 5.82 Å². The van der Waals surface area contributed by atoms with Gasteiger partial charge in [0.05, 0.1) is 11.8 Å². The van der Waals surface area contributed by atoms with Crippen LogP contribution in [0, 0.1) is 18.3 Å². The van der Waals surface area contributed by atoms with Gasteiger partial charge in [-0.15, -0.1) is 12.4 Å². The van der Waals surface area contributed by atoms with Crippen molar-refractivity contribution in [1.29, 1.82) is 0 Å². The molecule has 2 aliphatic rings. The highest BCUT2D eigenvalue weighted by atomic mass is 35.5. The average Bonchev–Trinajstić information content (AvgIpc) is 2.75. The van der Waals surface area contributed by atoms with Gasteiger partial charge in [0.1, 0.15) is 11.4 Å². The van der Waals surface area contributed by atoms with E-state index in [2.05, 4.69) is 10.4 Å². The minimum Gasteiger partial charge on any atom is -0.377 e. The standard InChI is InChI=1S/C15H24N4O2.ClH/c1-9-8-11(19(4)18-9)17-13(20)15(16)10-6-5-7-21-12(10)14(15,2)3;/h8,10,12H,5-7,16H2,1-4H3,(H,17,20);1H. The summed E-state index contributed by atoms with van der Waals surface area (Å²) in [5.41, 5.74) is 6.17. The van der Waals surface area contributed by atoms with Crippen molar-refractivity contribution >= 4 is 24.1 Å². The molecule has 3 unspecified atom stereocenters. The summed E-state index contributed by atoms with van der Waals surface area (Å²) < 4.78 is 7.50. The fourth-order valence-corrected chi connectivity index (χ4v) is 3.98. The Morgan fingerprint density at radius 3 is 2.82 bits per heavy atom. The minimum atomic E-state index is -0.893. The van der Waals surface area contributed by atoms with Gasteiger partial charge < -0.3 is 15.8 Å². The number of hydrogen-bond donors (Lipinski definition) is 2. The number of ether oxygens (including phenoxy) is 1. The molecule has 0 bridgehead atoms. The smallest absolute Gasteiger partial charge is 0.246 e. The Bertz CT molecular complexity index is 586. The van der Waals surface area contributed by atoms with Gasteiger partial charge in [-0.3, -0.25) is 9.48 Å². The van der Waals surface area contributed by atoms with Crippen LogP contribution < -0.4 is 11.1 Å². The highest BCUT2D eigenvalue weighted by Crippen LogP contribution is 2.57. The number of carbonyl (C=O) groups excluding carboxylic acids is 1. The first-order valence-corrected chi connectivity index (χ1v) is 7.51. The number of carbonyl (C=O) groups is 1. The molecule has 3 rings (SSSR count). The summed E-state index contributed by atoms with van der Waals surface area (Å²) in [6.45, 7) is 6.70. The van der Waals surface area contributed by atoms with E-state index in [1.165, 1.54) is 0 Å². The fourth-order valence-electron chi connectivity index (χ4n) is 3.98. The summed E-state index contributed by atoms with van der Waals surface area (Å²) in [5.74, 6) is 0.635. The third kappa shape index (κ3) is 2.16. The van der Waals surface area contributed by atoms with Crippen LogP contribution in [0.4, 0.5) is 5.82 Å². The molecule has 1 aliphatic heterocycles. The number of hydrogen-bond acceptors (Lipinski definition) is 4. The monoisotopic (exact) mass is 328 g/mol. The van der Waals surface area contributed by atoms with E-state index in [9.17, 15) is 4.79 Å². The number of rotatable bonds is 2. The molecule has 1 saturated carbocycles. The normalized spacial score (nSPS) is 32.4. The molecular formula is C15H25ClN4O2. The third-order valence-corrected chi connectivity index (χ3v) is 5.30. The van der Waals surface area contributed by atoms with Crippen LogP contribution in [-0.2, 0) is 16.6 Å². The summed E-state index contributed by atoms with van der Waals surface area (Å²) in [7, 11) is 1.81. The van der Waals surface area contributed by atoms with Gasteiger partial charge in [-0.1, -0.05) is 13.8 Å². The van der Waals surface area contributed by atoms with Crippen LogP contribution in [0.1, 0.15) is 32.4 Å². The number of fused-ring (bicyclic) bond motifs is 1. The minimum absolute atomic E-state index is 0. The van der Waals surface area contributed by atoms with E-state index in [1.807, 2.05) is 33.9 Å². The SMILES string of the molecule is Cc1cc(NC(=O)C2(N)C3CCCOC3C2(C)C)n(C)n1.Cl. The van der Waals surface area contributed by atoms with Gasteiger partial charge in [0.2, 0.25) is 5.91 Å². The van der Waals surface area contributed by atoms with Crippen LogP contribution in [0.25, 0.3) is 0 Å². The Labute approximate surface area is 137 Å². The lowest BCUT2D eigenvalue weighted by Gasteiger charge is -2.65. The van der Waals surface area contributed by atoms with Crippen LogP contribution in [0.3, 0.4) is 0 Å². The zero-order chi connectivity index (χ0) is 15.4. The lowest BCUT2D eigenvalue weighted by atomic mass is 9.46. The summed E-state index contributed by atoms with van der Waals surface area (Å²) in [5, 5.41) is 7.19. The van der Waals surface area contributed by atoms with E-state index in [1.54, 1.807) is 4.68 Å². The zero-order valence-corrected chi connectivity index (χ0v) is 14.4. The van der Waals surface area contributed by atoms with Gasteiger partial charge in [-0.25, -0.2) is 0 Å². The number of nitrogens with two attached hydrogens (primary N) is 1. The summed E-state index contributed by atoms with van der Waals surface area (Å²) >= 11 is 0. The second-order valence-electron chi connectivity index (χ2n) is 6.88. The van der Waals surface area contributed by atoms with E-state index in [0.717, 1.165) is 25.1 Å². The summed E-state index contributed by atoms with van der Waals surface area (Å²) in [4.78, 5) is 12.8. The van der Waals surface area contributed by atoms with Gasteiger partial charge in [0.25, 0.3) is 0 Å². The molecule has 6 nitrogen and oxygen atoms in total. The van der Waals surface area contributed by atoms with Crippen molar-refractivity contribution in [2.75, 3.05) is 11.9 Å². The number of nitrogens with one attached hydrogen (secondary N) is 1. The molecule has 3 N–H and O–H groups in total. The maximum atomic E-state index is 12.8. The third-order valence-electron chi connectivity index (χ3n) is 5.30. The number of anilines is 1. The second-order valence-corrected chi connectivity index (χ2v) is 6.88. The quantitative estimate of drug-likeness (QED) is 0.864. The highest BCUT2D eigenvalue weighted by molar-refractivity contribution is 5.99. The number of aryl methyl sites for hydroxylation is 2. The maximum Gasteiger partial charge on any atom is 0.246 e. The van der Waals surface area contributed by atoms with Gasteiger partial charge >= 0.3 is 0 Å². The van der Waals surface area contributed by atoms with E-state index in [-0.39, 0.29) is 35.8 Å². The van der Waals surface area contributed by atoms with Crippen LogP contribution in [0.5, 0.6) is 0 Å². The second kappa shape index (κ2) is 5.51. The molecule has 0 aromatic carbocycles. The molecule has 22 heavy (non-hydrogen) atoms. The fraction of sp³-hybridized carbons (Fsp3) is 0.733. The van der Waals surface area contributed by atoms with Crippen molar-refractivity contribution in [3.05, 3.63) is 11.8 Å². The Kier molecular flexibility index (Phi) is 4.32. The zero-order valence-electron chi connectivity index (χ0n) is 13.5. The van der Waals surface area contributed by atoms with Crippen LogP contribution >= 0.6 is 12.4 Å². The highest BCUT2D eigenvalue weighted by Gasteiger charge is 2.70. The first kappa shape index (κ1) is 17.2. The van der Waals surface area contributed by atoms with Crippen molar-refractivity contribution in [3.8, 4) is 0 Å². The van der Waals surface area contributed by atoms with Crippen molar-refractivity contribution in [2.24, 2.45) is 24.1 Å². The number of amides is 1. The molecule has 2 heterocycles. The summed E-state index contributed by atoms with van der Waals surface area (Å²) in [6, 6.07) is 1.85. The van der Waals surface area contributed by atoms with Crippen LogP contribution in [0.15, 0.2) is 6.07 Å². The molecule has 1 aromatic heterocycles. The maximum absolute atomic E-state index is 12.8. The Balaban J connectivity index is 0.00000176. The molecule has 1 saturated heterocycles. The predicted molar refractivity (Wildman–Crippen MR) is 87.0 cm³/mol. The molecule has 1 aliphatic carbocycles. The first-order valence-electron chi connectivity index (χ1n) is 7.51. The van der Waals surface area contributed by atoms with Crippen LogP contribution in [-0.4, -0.2) is 33.9 Å². The molecule has 1 aromatic rings. The van der Waals surface area contributed by atoms with Gasteiger partial charge in [-0.2, -0.15) is 5.10 Å². The Morgan fingerprint density at radius 1 is 1.55 bits per heavy atom. The van der Waals surface area contributed by atoms with Crippen molar-refractivity contribution in [2.45, 2.75) is 45.3 Å². The molecule has 1 amide bonds. The number of halogens is 1. The average molecular weight is 329 g/mol. The van der Waals surface area contributed by atoms with Gasteiger partial charge in [0.15, 0.2) is 0 Å². The molecule has 2 fully saturated rings. The molecule has 124 valence electrons. The van der Waals surface area contributed by atoms with Crippen molar-refractivity contribution < 1.29 is 9.53 Å². The number of aromatic nitrogens is 2. The van der Waals surface area contributed by atoms with Gasteiger partial charge in [-0.05, 0) is 19.8 Å². The van der Waals surface area contributed by atoms with Gasteiger partial charge in [0, 0.05) is 31.1 Å². The van der Waals surface area contributed by atoms with Crippen molar-refractivity contribution in [3.63, 3.8) is 0 Å². The van der Waals surface area contributed by atoms with Crippen molar-refractivity contribution in [1.82, 2.24) is 9.78 Å². The first-order chi connectivity index (χ1) is 9.78. The lowest BCUT2D eigenvalue weighted by molar-refractivity contribution is -0.222. The van der Waals surface area contributed by atoms with E-state index in [4.69, 9.17) is 10.5 Å². The van der Waals surface area contributed by atoms with E-state index < -0.39 is 5.54 Å².